The van der Waals surface area contributed by atoms with E-state index in [1.807, 2.05) is 0 Å². The van der Waals surface area contributed by atoms with Crippen LogP contribution in [0.2, 0.25) is 0 Å². The van der Waals surface area contributed by atoms with Gasteiger partial charge in [0.25, 0.3) is 0 Å². The zero-order valence-corrected chi connectivity index (χ0v) is 12.0. The van der Waals surface area contributed by atoms with Crippen molar-refractivity contribution >= 4 is 5.69 Å². The third kappa shape index (κ3) is 2.14. The summed E-state index contributed by atoms with van der Waals surface area (Å²) in [6.07, 6.45) is 2.74. The van der Waals surface area contributed by atoms with Gasteiger partial charge in [0.05, 0.1) is 0 Å². The highest BCUT2D eigenvalue weighted by molar-refractivity contribution is 5.54. The fourth-order valence-electron chi connectivity index (χ4n) is 3.28. The van der Waals surface area contributed by atoms with E-state index in [0.29, 0.717) is 5.41 Å². The molecule has 0 saturated heterocycles. The molecular formula is C16H24N2. The van der Waals surface area contributed by atoms with Crippen molar-refractivity contribution in [2.75, 3.05) is 18.9 Å². The number of nitrogens with one attached hydrogen (secondary N) is 1. The zero-order chi connectivity index (χ0) is 13.0. The van der Waals surface area contributed by atoms with Gasteiger partial charge in [0, 0.05) is 29.7 Å². The summed E-state index contributed by atoms with van der Waals surface area (Å²) >= 11 is 0. The lowest BCUT2D eigenvalue weighted by Crippen LogP contribution is -2.35. The average molecular weight is 244 g/mol. The van der Waals surface area contributed by atoms with Crippen LogP contribution in [0, 0.1) is 0 Å². The zero-order valence-electron chi connectivity index (χ0n) is 12.0. The second-order valence-corrected chi connectivity index (χ2v) is 7.20. The second kappa shape index (κ2) is 3.74. The van der Waals surface area contributed by atoms with Gasteiger partial charge in [0.15, 0.2) is 0 Å². The first kappa shape index (κ1) is 12.0. The maximum atomic E-state index is 3.58. The largest absolute Gasteiger partial charge is 0.380 e. The van der Waals surface area contributed by atoms with E-state index in [0.717, 1.165) is 6.54 Å². The van der Waals surface area contributed by atoms with Crippen LogP contribution in [0.5, 0.6) is 0 Å². The van der Waals surface area contributed by atoms with E-state index in [9.17, 15) is 0 Å². The van der Waals surface area contributed by atoms with Gasteiger partial charge >= 0.3 is 0 Å². The van der Waals surface area contributed by atoms with Crippen molar-refractivity contribution in [2.45, 2.75) is 51.1 Å². The highest BCUT2D eigenvalue weighted by atomic mass is 15.1. The van der Waals surface area contributed by atoms with Crippen LogP contribution in [0.3, 0.4) is 0 Å². The van der Waals surface area contributed by atoms with Crippen molar-refractivity contribution in [1.29, 1.82) is 0 Å². The summed E-state index contributed by atoms with van der Waals surface area (Å²) in [5.74, 6) is 0. The average Bonchev–Trinajstić information content (AvgIpc) is 2.94. The monoisotopic (exact) mass is 244 g/mol. The molecule has 1 aromatic carbocycles. The number of rotatable bonds is 1. The quantitative estimate of drug-likeness (QED) is 0.815. The maximum absolute atomic E-state index is 3.58. The third-order valence-corrected chi connectivity index (χ3v) is 4.06. The van der Waals surface area contributed by atoms with Crippen molar-refractivity contribution in [1.82, 2.24) is 4.90 Å². The number of nitrogens with zero attached hydrogens (tertiary/aromatic N) is 1. The molecule has 98 valence electrons. The van der Waals surface area contributed by atoms with E-state index in [1.54, 1.807) is 5.56 Å². The Morgan fingerprint density at radius 2 is 1.94 bits per heavy atom. The molecule has 0 aromatic heterocycles. The maximum Gasteiger partial charge on any atom is 0.0347 e. The number of likely N-dealkylation sites (N-methyl/N-ethyl adjacent to an activating group) is 1. The molecule has 1 aromatic rings. The molecule has 1 saturated carbocycles. The Bertz CT molecular complexity index is 466. The number of anilines is 1. The van der Waals surface area contributed by atoms with Gasteiger partial charge in [0.2, 0.25) is 0 Å². The van der Waals surface area contributed by atoms with Crippen LogP contribution >= 0.6 is 0 Å². The minimum Gasteiger partial charge on any atom is -0.380 e. The Morgan fingerprint density at radius 1 is 1.22 bits per heavy atom. The van der Waals surface area contributed by atoms with Crippen LogP contribution in [0.1, 0.15) is 44.7 Å². The van der Waals surface area contributed by atoms with Gasteiger partial charge in [-0.05, 0) is 63.9 Å². The van der Waals surface area contributed by atoms with Gasteiger partial charge in [-0.3, -0.25) is 0 Å². The summed E-state index contributed by atoms with van der Waals surface area (Å²) in [6.45, 7) is 8.96. The third-order valence-electron chi connectivity index (χ3n) is 4.06. The van der Waals surface area contributed by atoms with Crippen LogP contribution in [0.4, 0.5) is 5.69 Å². The smallest absolute Gasteiger partial charge is 0.0347 e. The summed E-state index contributed by atoms with van der Waals surface area (Å²) in [6, 6.07) is 6.98. The van der Waals surface area contributed by atoms with Crippen molar-refractivity contribution < 1.29 is 0 Å². The van der Waals surface area contributed by atoms with E-state index < -0.39 is 0 Å². The first-order valence-corrected chi connectivity index (χ1v) is 6.98. The van der Waals surface area contributed by atoms with Crippen molar-refractivity contribution in [3.05, 3.63) is 29.3 Å². The van der Waals surface area contributed by atoms with Crippen LogP contribution in [0.15, 0.2) is 18.2 Å². The van der Waals surface area contributed by atoms with E-state index in [1.165, 1.54) is 30.6 Å². The molecule has 0 amide bonds. The Morgan fingerprint density at radius 3 is 2.56 bits per heavy atom. The Labute approximate surface area is 110 Å². The molecule has 1 fully saturated rings. The van der Waals surface area contributed by atoms with Gasteiger partial charge in [-0.25, -0.2) is 0 Å². The summed E-state index contributed by atoms with van der Waals surface area (Å²) in [5, 5.41) is 3.58. The first-order valence-electron chi connectivity index (χ1n) is 6.98. The second-order valence-electron chi connectivity index (χ2n) is 7.20. The Kier molecular flexibility index (Phi) is 2.50. The summed E-state index contributed by atoms with van der Waals surface area (Å²) in [5.41, 5.74) is 5.03. The molecule has 0 unspecified atom stereocenters. The minimum atomic E-state index is 0.131. The number of hydrogen-bond acceptors (Lipinski definition) is 2. The van der Waals surface area contributed by atoms with E-state index in [4.69, 9.17) is 0 Å². The molecule has 0 radical (unpaired) electrons. The molecule has 1 aliphatic heterocycles. The summed E-state index contributed by atoms with van der Waals surface area (Å²) < 4.78 is 0. The normalized spacial score (nSPS) is 21.8. The molecule has 1 N–H and O–H groups in total. The molecule has 0 bridgehead atoms. The van der Waals surface area contributed by atoms with E-state index in [2.05, 4.69) is 56.2 Å². The summed E-state index contributed by atoms with van der Waals surface area (Å²) in [4.78, 5) is 2.47. The SMILES string of the molecule is CN1Cc2cc(NC(C)(C)C)ccc2C2(CC2)C1. The topological polar surface area (TPSA) is 15.3 Å². The molecule has 1 spiro atoms. The predicted molar refractivity (Wildman–Crippen MR) is 77.1 cm³/mol. The minimum absolute atomic E-state index is 0.131. The number of fused-ring (bicyclic) bond motifs is 2. The number of benzene rings is 1. The molecule has 2 heteroatoms. The molecular weight excluding hydrogens is 220 g/mol. The molecule has 3 rings (SSSR count). The fourth-order valence-corrected chi connectivity index (χ4v) is 3.28. The van der Waals surface area contributed by atoms with Gasteiger partial charge in [0.1, 0.15) is 0 Å². The highest BCUT2D eigenvalue weighted by Gasteiger charge is 2.48. The van der Waals surface area contributed by atoms with Crippen LogP contribution in [-0.4, -0.2) is 24.0 Å². The lowest BCUT2D eigenvalue weighted by Gasteiger charge is -2.33. The van der Waals surface area contributed by atoms with Crippen molar-refractivity contribution in [3.8, 4) is 0 Å². The molecule has 18 heavy (non-hydrogen) atoms. The molecule has 2 aliphatic rings. The molecule has 1 aliphatic carbocycles. The van der Waals surface area contributed by atoms with Gasteiger partial charge in [-0.2, -0.15) is 0 Å². The van der Waals surface area contributed by atoms with Gasteiger partial charge in [-0.15, -0.1) is 0 Å². The highest BCUT2D eigenvalue weighted by Crippen LogP contribution is 2.52. The van der Waals surface area contributed by atoms with Gasteiger partial charge in [-0.1, -0.05) is 6.07 Å². The molecule has 1 heterocycles. The summed E-state index contributed by atoms with van der Waals surface area (Å²) in [7, 11) is 2.24. The van der Waals surface area contributed by atoms with E-state index >= 15 is 0 Å². The van der Waals surface area contributed by atoms with Crippen molar-refractivity contribution in [3.63, 3.8) is 0 Å². The van der Waals surface area contributed by atoms with Crippen LogP contribution < -0.4 is 5.32 Å². The lowest BCUT2D eigenvalue weighted by atomic mass is 9.87. The van der Waals surface area contributed by atoms with Crippen LogP contribution in [-0.2, 0) is 12.0 Å². The Hall–Kier alpha value is -1.02. The fraction of sp³-hybridized carbons (Fsp3) is 0.625. The Balaban J connectivity index is 1.93. The standard InChI is InChI=1S/C16H24N2/c1-15(2,3)17-13-5-6-14-12(9-13)10-18(4)11-16(14)7-8-16/h5-6,9,17H,7-8,10-11H2,1-4H3. The molecule has 0 atom stereocenters. The molecule has 2 nitrogen and oxygen atoms in total. The first-order chi connectivity index (χ1) is 8.38. The van der Waals surface area contributed by atoms with E-state index in [-0.39, 0.29) is 5.54 Å². The number of hydrogen-bond donors (Lipinski definition) is 1. The predicted octanol–water partition coefficient (Wildman–Crippen LogP) is 3.37. The van der Waals surface area contributed by atoms with Gasteiger partial charge < -0.3 is 10.2 Å². The lowest BCUT2D eigenvalue weighted by molar-refractivity contribution is 0.271. The van der Waals surface area contributed by atoms with Crippen LogP contribution in [0.25, 0.3) is 0 Å². The van der Waals surface area contributed by atoms with Crippen molar-refractivity contribution in [2.24, 2.45) is 0 Å².